The van der Waals surface area contributed by atoms with Crippen molar-refractivity contribution in [1.29, 1.82) is 0 Å². The minimum atomic E-state index is -1.29. The normalized spacial score (nSPS) is 9.20. The number of nitrogens with two attached hydrogens (primary N) is 1. The number of hydrogen-bond acceptors (Lipinski definition) is 4. The molecule has 0 radical (unpaired) electrons. The van der Waals surface area contributed by atoms with Gasteiger partial charge in [0.15, 0.2) is 0 Å². The monoisotopic (exact) mass is 137 g/mol. The van der Waals surface area contributed by atoms with E-state index in [1.54, 1.807) is 0 Å². The third kappa shape index (κ3) is 1.22. The maximum absolute atomic E-state index is 10.1. The van der Waals surface area contributed by atoms with Crippen molar-refractivity contribution in [3.63, 3.8) is 0 Å². The molecule has 0 spiro atoms. The van der Waals surface area contributed by atoms with E-state index < -0.39 is 5.97 Å². The van der Waals surface area contributed by atoms with Crippen LogP contribution in [0.5, 0.6) is 0 Å². The summed E-state index contributed by atoms with van der Waals surface area (Å²) in [5.74, 6) is -1.29. The van der Waals surface area contributed by atoms with Crippen LogP contribution in [0.25, 0.3) is 0 Å². The molecule has 0 fully saturated rings. The molecular formula is C6H5N2O2-. The lowest BCUT2D eigenvalue weighted by atomic mass is 10.3. The molecule has 2 N–H and O–H groups in total. The van der Waals surface area contributed by atoms with E-state index in [0.717, 1.165) is 0 Å². The Balaban J connectivity index is 3.00. The number of carboxylic acid groups (broad SMARTS) is 1. The molecule has 1 rings (SSSR count). The summed E-state index contributed by atoms with van der Waals surface area (Å²) >= 11 is 0. The summed E-state index contributed by atoms with van der Waals surface area (Å²) in [6.45, 7) is 0. The zero-order valence-electron chi connectivity index (χ0n) is 5.07. The number of nitrogen functional groups attached to an aromatic ring is 1. The lowest BCUT2D eigenvalue weighted by molar-refractivity contribution is -0.255. The maximum atomic E-state index is 10.1. The van der Waals surface area contributed by atoms with Gasteiger partial charge in [-0.3, -0.25) is 4.98 Å². The molecule has 4 heteroatoms. The van der Waals surface area contributed by atoms with Gasteiger partial charge in [0.05, 0.1) is 23.5 Å². The molecule has 10 heavy (non-hydrogen) atoms. The molecule has 0 saturated heterocycles. The smallest absolute Gasteiger partial charge is 0.0899 e. The van der Waals surface area contributed by atoms with E-state index in [4.69, 9.17) is 5.73 Å². The standard InChI is InChI=1S/C6H6N2O2/c7-4-1-2-5(6(9)10)8-3-4/h1-3H,7H2,(H,9,10)/p-1. The Kier molecular flexibility index (Phi) is 1.53. The third-order valence-electron chi connectivity index (χ3n) is 0.995. The lowest BCUT2D eigenvalue weighted by Crippen LogP contribution is -2.23. The molecule has 1 aromatic heterocycles. The van der Waals surface area contributed by atoms with Gasteiger partial charge in [0.1, 0.15) is 0 Å². The fourth-order valence-electron chi connectivity index (χ4n) is 0.526. The van der Waals surface area contributed by atoms with Crippen molar-refractivity contribution < 1.29 is 9.90 Å². The van der Waals surface area contributed by atoms with Crippen LogP contribution in [-0.4, -0.2) is 11.0 Å². The van der Waals surface area contributed by atoms with Crippen molar-refractivity contribution in [1.82, 2.24) is 4.98 Å². The predicted octanol–water partition coefficient (Wildman–Crippen LogP) is -0.973. The number of carbonyl (C=O) groups is 1. The molecule has 1 aromatic rings. The van der Waals surface area contributed by atoms with E-state index in [1.165, 1.54) is 18.3 Å². The Morgan fingerprint density at radius 3 is 2.70 bits per heavy atom. The predicted molar refractivity (Wildman–Crippen MR) is 33.0 cm³/mol. The van der Waals surface area contributed by atoms with E-state index in [1.807, 2.05) is 0 Å². The molecule has 0 aliphatic heterocycles. The van der Waals surface area contributed by atoms with Crippen LogP contribution >= 0.6 is 0 Å². The second kappa shape index (κ2) is 2.34. The maximum Gasteiger partial charge on any atom is 0.0899 e. The van der Waals surface area contributed by atoms with Crippen molar-refractivity contribution in [2.24, 2.45) is 0 Å². The first-order valence-electron chi connectivity index (χ1n) is 2.63. The van der Waals surface area contributed by atoms with Gasteiger partial charge in [-0.2, -0.15) is 0 Å². The molecule has 0 aliphatic rings. The first kappa shape index (κ1) is 6.54. The Bertz CT molecular complexity index is 242. The van der Waals surface area contributed by atoms with Gasteiger partial charge in [0.25, 0.3) is 0 Å². The number of rotatable bonds is 1. The lowest BCUT2D eigenvalue weighted by Gasteiger charge is -1.99. The molecule has 0 saturated carbocycles. The number of anilines is 1. The van der Waals surface area contributed by atoms with Crippen LogP contribution in [0.4, 0.5) is 5.69 Å². The van der Waals surface area contributed by atoms with Gasteiger partial charge in [-0.05, 0) is 12.1 Å². The van der Waals surface area contributed by atoms with Crippen molar-refractivity contribution in [3.05, 3.63) is 24.0 Å². The van der Waals surface area contributed by atoms with Crippen LogP contribution in [0.2, 0.25) is 0 Å². The molecule has 4 nitrogen and oxygen atoms in total. The first-order valence-corrected chi connectivity index (χ1v) is 2.63. The molecule has 52 valence electrons. The number of carboxylic acids is 1. The van der Waals surface area contributed by atoms with Gasteiger partial charge < -0.3 is 15.6 Å². The number of carbonyl (C=O) groups excluding carboxylic acids is 1. The van der Waals surface area contributed by atoms with Crippen molar-refractivity contribution in [2.75, 3.05) is 5.73 Å². The van der Waals surface area contributed by atoms with Crippen LogP contribution in [0, 0.1) is 0 Å². The summed E-state index contributed by atoms with van der Waals surface area (Å²) in [6, 6.07) is 2.75. The fourth-order valence-corrected chi connectivity index (χ4v) is 0.526. The number of nitrogens with zero attached hydrogens (tertiary/aromatic N) is 1. The highest BCUT2D eigenvalue weighted by atomic mass is 16.4. The fraction of sp³-hybridized carbons (Fsp3) is 0. The quantitative estimate of drug-likeness (QED) is 0.540. The van der Waals surface area contributed by atoms with Crippen LogP contribution in [-0.2, 0) is 0 Å². The third-order valence-corrected chi connectivity index (χ3v) is 0.995. The van der Waals surface area contributed by atoms with Gasteiger partial charge in [-0.25, -0.2) is 0 Å². The summed E-state index contributed by atoms with van der Waals surface area (Å²) in [6.07, 6.45) is 1.27. The van der Waals surface area contributed by atoms with Gasteiger partial charge in [-0.15, -0.1) is 0 Å². The molecule has 1 heterocycles. The molecular weight excluding hydrogens is 132 g/mol. The summed E-state index contributed by atoms with van der Waals surface area (Å²) in [5, 5.41) is 10.1. The van der Waals surface area contributed by atoms with E-state index in [-0.39, 0.29) is 5.69 Å². The van der Waals surface area contributed by atoms with E-state index in [0.29, 0.717) is 5.69 Å². The van der Waals surface area contributed by atoms with E-state index in [9.17, 15) is 9.90 Å². The summed E-state index contributed by atoms with van der Waals surface area (Å²) in [5.41, 5.74) is 5.58. The largest absolute Gasteiger partial charge is 0.543 e. The number of hydrogen-bond donors (Lipinski definition) is 1. The molecule has 0 aromatic carbocycles. The van der Waals surface area contributed by atoms with Gasteiger partial charge in [0.2, 0.25) is 0 Å². The Labute approximate surface area is 57.3 Å². The highest BCUT2D eigenvalue weighted by Crippen LogP contribution is 1.98. The van der Waals surface area contributed by atoms with Crippen LogP contribution in [0.15, 0.2) is 18.3 Å². The average Bonchev–Trinajstić information content (AvgIpc) is 1.88. The van der Waals surface area contributed by atoms with Crippen molar-refractivity contribution in [3.8, 4) is 0 Å². The average molecular weight is 137 g/mol. The molecule has 0 aliphatic carbocycles. The zero-order chi connectivity index (χ0) is 7.56. The summed E-state index contributed by atoms with van der Waals surface area (Å²) in [4.78, 5) is 13.6. The second-order valence-electron chi connectivity index (χ2n) is 1.76. The Morgan fingerprint density at radius 1 is 1.60 bits per heavy atom. The Morgan fingerprint density at radius 2 is 2.30 bits per heavy atom. The highest BCUT2D eigenvalue weighted by molar-refractivity contribution is 5.83. The molecule has 0 amide bonds. The Hall–Kier alpha value is -1.58. The van der Waals surface area contributed by atoms with Crippen LogP contribution < -0.4 is 10.8 Å². The topological polar surface area (TPSA) is 79.0 Å². The first-order chi connectivity index (χ1) is 4.70. The summed E-state index contributed by atoms with van der Waals surface area (Å²) < 4.78 is 0. The number of pyridine rings is 1. The highest BCUT2D eigenvalue weighted by Gasteiger charge is 1.91. The van der Waals surface area contributed by atoms with Crippen LogP contribution in [0.1, 0.15) is 10.5 Å². The number of aromatic carboxylic acids is 1. The SMILES string of the molecule is Nc1ccc(C(=O)[O-])nc1. The van der Waals surface area contributed by atoms with Gasteiger partial charge in [0, 0.05) is 0 Å². The minimum absolute atomic E-state index is 0.103. The second-order valence-corrected chi connectivity index (χ2v) is 1.76. The van der Waals surface area contributed by atoms with Gasteiger partial charge in [-0.1, -0.05) is 0 Å². The summed E-state index contributed by atoms with van der Waals surface area (Å²) in [7, 11) is 0. The minimum Gasteiger partial charge on any atom is -0.543 e. The zero-order valence-corrected chi connectivity index (χ0v) is 5.07. The molecule has 0 unspecified atom stereocenters. The molecule has 0 bridgehead atoms. The van der Waals surface area contributed by atoms with E-state index in [2.05, 4.69) is 4.98 Å². The molecule has 0 atom stereocenters. The van der Waals surface area contributed by atoms with E-state index >= 15 is 0 Å². The van der Waals surface area contributed by atoms with Crippen molar-refractivity contribution in [2.45, 2.75) is 0 Å². The number of aromatic nitrogens is 1. The van der Waals surface area contributed by atoms with Crippen LogP contribution in [0.3, 0.4) is 0 Å². The van der Waals surface area contributed by atoms with Crippen molar-refractivity contribution >= 4 is 11.7 Å². The van der Waals surface area contributed by atoms with Gasteiger partial charge >= 0.3 is 0 Å².